The Morgan fingerprint density at radius 1 is 0.684 bits per heavy atom. The maximum atomic E-state index is 5.98. The summed E-state index contributed by atoms with van der Waals surface area (Å²) in [5.41, 5.74) is 0. The SMILES string of the molecule is C[Si](C)(Oc1ccc(Br)cc1)Oc1ccc(Br)cc1. The molecular weight excluding hydrogens is 388 g/mol. The van der Waals surface area contributed by atoms with Gasteiger partial charge in [-0.3, -0.25) is 0 Å². The maximum absolute atomic E-state index is 5.98. The van der Waals surface area contributed by atoms with E-state index in [9.17, 15) is 0 Å². The zero-order chi connectivity index (χ0) is 13.9. The van der Waals surface area contributed by atoms with Gasteiger partial charge in [0.05, 0.1) is 0 Å². The predicted octanol–water partition coefficient (Wildman–Crippen LogP) is 5.37. The fraction of sp³-hybridized carbons (Fsp3) is 0.143. The summed E-state index contributed by atoms with van der Waals surface area (Å²) in [6, 6.07) is 15.6. The zero-order valence-corrected chi connectivity index (χ0v) is 14.9. The van der Waals surface area contributed by atoms with Gasteiger partial charge in [0.15, 0.2) is 0 Å². The average molecular weight is 402 g/mol. The minimum atomic E-state index is -2.25. The van der Waals surface area contributed by atoms with Crippen molar-refractivity contribution in [2.75, 3.05) is 0 Å². The Bertz CT molecular complexity index is 489. The van der Waals surface area contributed by atoms with Crippen molar-refractivity contribution < 1.29 is 8.85 Å². The molecule has 2 aromatic rings. The van der Waals surface area contributed by atoms with E-state index in [0.717, 1.165) is 20.4 Å². The van der Waals surface area contributed by atoms with Gasteiger partial charge in [0.1, 0.15) is 11.5 Å². The molecule has 2 rings (SSSR count). The summed E-state index contributed by atoms with van der Waals surface area (Å²) in [5, 5.41) is 0. The second-order valence-corrected chi connectivity index (χ2v) is 9.55. The van der Waals surface area contributed by atoms with Gasteiger partial charge in [0.2, 0.25) is 0 Å². The second-order valence-electron chi connectivity index (χ2n) is 4.51. The molecule has 0 atom stereocenters. The second kappa shape index (κ2) is 6.11. The molecule has 19 heavy (non-hydrogen) atoms. The van der Waals surface area contributed by atoms with E-state index in [1.165, 1.54) is 0 Å². The van der Waals surface area contributed by atoms with Crippen LogP contribution in [0.3, 0.4) is 0 Å². The summed E-state index contributed by atoms with van der Waals surface area (Å²) in [7, 11) is -2.25. The minimum Gasteiger partial charge on any atom is -0.512 e. The molecule has 5 heteroatoms. The minimum absolute atomic E-state index is 0.831. The van der Waals surface area contributed by atoms with Crippen molar-refractivity contribution in [3.8, 4) is 11.5 Å². The van der Waals surface area contributed by atoms with Crippen LogP contribution in [-0.2, 0) is 0 Å². The Balaban J connectivity index is 2.05. The van der Waals surface area contributed by atoms with E-state index in [1.807, 2.05) is 61.6 Å². The predicted molar refractivity (Wildman–Crippen MR) is 87.0 cm³/mol. The van der Waals surface area contributed by atoms with Gasteiger partial charge in [-0.1, -0.05) is 31.9 Å². The monoisotopic (exact) mass is 400 g/mol. The van der Waals surface area contributed by atoms with Crippen LogP contribution in [0.15, 0.2) is 57.5 Å². The fourth-order valence-electron chi connectivity index (χ4n) is 1.59. The molecule has 2 nitrogen and oxygen atoms in total. The number of halogens is 2. The number of hydrogen-bond donors (Lipinski definition) is 0. The van der Waals surface area contributed by atoms with Crippen LogP contribution in [0.2, 0.25) is 13.1 Å². The van der Waals surface area contributed by atoms with Crippen molar-refractivity contribution in [3.05, 3.63) is 57.5 Å². The van der Waals surface area contributed by atoms with Crippen LogP contribution in [0.4, 0.5) is 0 Å². The van der Waals surface area contributed by atoms with Crippen LogP contribution in [0.1, 0.15) is 0 Å². The quantitative estimate of drug-likeness (QED) is 0.641. The first-order valence-corrected chi connectivity index (χ1v) is 10.2. The molecule has 0 amide bonds. The van der Waals surface area contributed by atoms with Gasteiger partial charge in [-0.05, 0) is 48.5 Å². The summed E-state index contributed by atoms with van der Waals surface area (Å²) in [4.78, 5) is 0. The van der Waals surface area contributed by atoms with Gasteiger partial charge in [0, 0.05) is 22.0 Å². The Labute approximate surface area is 131 Å². The third-order valence-corrected chi connectivity index (χ3v) is 4.87. The summed E-state index contributed by atoms with van der Waals surface area (Å²) in [6.45, 7) is 4.05. The Morgan fingerprint density at radius 3 is 1.32 bits per heavy atom. The molecule has 0 bridgehead atoms. The number of rotatable bonds is 4. The maximum Gasteiger partial charge on any atom is 0.454 e. The molecule has 0 heterocycles. The lowest BCUT2D eigenvalue weighted by Gasteiger charge is -2.24. The van der Waals surface area contributed by atoms with Crippen LogP contribution >= 0.6 is 31.9 Å². The normalized spacial score (nSPS) is 11.2. The smallest absolute Gasteiger partial charge is 0.454 e. The average Bonchev–Trinajstić information content (AvgIpc) is 2.34. The molecule has 0 radical (unpaired) electrons. The summed E-state index contributed by atoms with van der Waals surface area (Å²) in [6.07, 6.45) is 0. The Hall–Kier alpha value is -0.783. The lowest BCUT2D eigenvalue weighted by molar-refractivity contribution is 0.399. The highest BCUT2D eigenvalue weighted by atomic mass is 79.9. The molecule has 0 aromatic heterocycles. The van der Waals surface area contributed by atoms with Crippen molar-refractivity contribution in [2.45, 2.75) is 13.1 Å². The summed E-state index contributed by atoms with van der Waals surface area (Å²) >= 11 is 6.81. The van der Waals surface area contributed by atoms with Crippen molar-refractivity contribution in [1.29, 1.82) is 0 Å². The Kier molecular flexibility index (Phi) is 4.70. The molecule has 0 fully saturated rings. The van der Waals surface area contributed by atoms with Gasteiger partial charge in [-0.25, -0.2) is 0 Å². The standard InChI is InChI=1S/C14H14Br2O2Si/c1-19(2,17-13-7-3-11(15)4-8-13)18-14-9-5-12(16)6-10-14/h3-10H,1-2H3. The van der Waals surface area contributed by atoms with E-state index < -0.39 is 8.56 Å². The van der Waals surface area contributed by atoms with E-state index in [0.29, 0.717) is 0 Å². The van der Waals surface area contributed by atoms with Crippen molar-refractivity contribution >= 4 is 40.4 Å². The first-order chi connectivity index (χ1) is 8.94. The fourth-order valence-corrected chi connectivity index (χ4v) is 3.57. The van der Waals surface area contributed by atoms with Gasteiger partial charge in [0.25, 0.3) is 0 Å². The van der Waals surface area contributed by atoms with E-state index in [4.69, 9.17) is 8.85 Å². The van der Waals surface area contributed by atoms with Crippen molar-refractivity contribution in [2.24, 2.45) is 0 Å². The van der Waals surface area contributed by atoms with Crippen molar-refractivity contribution in [3.63, 3.8) is 0 Å². The third kappa shape index (κ3) is 4.67. The van der Waals surface area contributed by atoms with Crippen LogP contribution < -0.4 is 8.85 Å². The van der Waals surface area contributed by atoms with E-state index in [1.54, 1.807) is 0 Å². The molecule has 0 saturated heterocycles. The van der Waals surface area contributed by atoms with Crippen LogP contribution in [-0.4, -0.2) is 8.56 Å². The third-order valence-electron chi connectivity index (χ3n) is 2.35. The van der Waals surface area contributed by atoms with Gasteiger partial charge in [-0.2, -0.15) is 0 Å². The van der Waals surface area contributed by atoms with E-state index in [-0.39, 0.29) is 0 Å². The zero-order valence-electron chi connectivity index (χ0n) is 10.7. The summed E-state index contributed by atoms with van der Waals surface area (Å²) in [5.74, 6) is 1.66. The lowest BCUT2D eigenvalue weighted by atomic mass is 10.3. The molecule has 0 aliphatic rings. The molecule has 0 aliphatic heterocycles. The van der Waals surface area contributed by atoms with Crippen molar-refractivity contribution in [1.82, 2.24) is 0 Å². The highest BCUT2D eigenvalue weighted by molar-refractivity contribution is 9.10. The van der Waals surface area contributed by atoms with Gasteiger partial charge < -0.3 is 8.85 Å². The van der Waals surface area contributed by atoms with Crippen LogP contribution in [0, 0.1) is 0 Å². The molecular formula is C14H14Br2O2Si. The summed E-state index contributed by atoms with van der Waals surface area (Å²) < 4.78 is 14.0. The molecule has 0 aliphatic carbocycles. The molecule has 0 spiro atoms. The molecule has 2 aromatic carbocycles. The molecule has 0 saturated carbocycles. The first-order valence-electron chi connectivity index (χ1n) is 5.84. The van der Waals surface area contributed by atoms with E-state index in [2.05, 4.69) is 31.9 Å². The largest absolute Gasteiger partial charge is 0.512 e. The highest BCUT2D eigenvalue weighted by Crippen LogP contribution is 2.23. The Morgan fingerprint density at radius 2 is 1.00 bits per heavy atom. The highest BCUT2D eigenvalue weighted by Gasteiger charge is 2.29. The number of hydrogen-bond acceptors (Lipinski definition) is 2. The van der Waals surface area contributed by atoms with E-state index >= 15 is 0 Å². The van der Waals surface area contributed by atoms with Gasteiger partial charge in [-0.15, -0.1) is 0 Å². The lowest BCUT2D eigenvalue weighted by Crippen LogP contribution is -2.41. The molecule has 100 valence electrons. The van der Waals surface area contributed by atoms with Gasteiger partial charge >= 0.3 is 8.56 Å². The first kappa shape index (κ1) is 14.6. The van der Waals surface area contributed by atoms with Crippen LogP contribution in [0.25, 0.3) is 0 Å². The van der Waals surface area contributed by atoms with Crippen LogP contribution in [0.5, 0.6) is 11.5 Å². The molecule has 0 N–H and O–H groups in total. The molecule has 0 unspecified atom stereocenters. The topological polar surface area (TPSA) is 18.5 Å². The number of benzene rings is 2.